The lowest BCUT2D eigenvalue weighted by molar-refractivity contribution is -0.120. The lowest BCUT2D eigenvalue weighted by Crippen LogP contribution is -2.43. The Hall–Kier alpha value is -2.58. The largest absolute Gasteiger partial charge is 0.368 e. The Morgan fingerprint density at radius 1 is 0.720 bits per heavy atom. The van der Waals surface area contributed by atoms with Gasteiger partial charge in [-0.2, -0.15) is 0 Å². The summed E-state index contributed by atoms with van der Waals surface area (Å²) in [5, 5.41) is 0.620. The summed E-state index contributed by atoms with van der Waals surface area (Å²) in [7, 11) is 0. The summed E-state index contributed by atoms with van der Waals surface area (Å²) in [6, 6.07) is 23.2. The summed E-state index contributed by atoms with van der Waals surface area (Å²) >= 11 is 6.06. The Morgan fingerprint density at radius 2 is 1.04 bits per heavy atom. The number of carbonyl (C=O) groups excluding carboxylic acids is 1. The first kappa shape index (κ1) is 17.2. The van der Waals surface area contributed by atoms with Crippen LogP contribution in [0.2, 0.25) is 5.02 Å². The molecule has 0 unspecified atom stereocenters. The molecular weight excluding hydrogens is 330 g/mol. The lowest BCUT2D eigenvalue weighted by Gasteiger charge is -2.33. The van der Waals surface area contributed by atoms with E-state index in [1.807, 2.05) is 74.5 Å². The molecule has 0 aliphatic heterocycles. The Kier molecular flexibility index (Phi) is 4.65. The zero-order chi connectivity index (χ0) is 18.0. The number of aryl methyl sites for hydroxylation is 2. The third-order valence-electron chi connectivity index (χ3n) is 4.62. The van der Waals surface area contributed by atoms with Crippen molar-refractivity contribution < 1.29 is 4.79 Å². The van der Waals surface area contributed by atoms with Crippen molar-refractivity contribution >= 4 is 17.5 Å². The smallest absolute Gasteiger partial charge is 0.237 e. The van der Waals surface area contributed by atoms with Gasteiger partial charge >= 0.3 is 0 Å². The summed E-state index contributed by atoms with van der Waals surface area (Å²) in [5.41, 5.74) is 9.69. The molecule has 3 heteroatoms. The number of primary amides is 1. The fourth-order valence-electron chi connectivity index (χ4n) is 3.23. The summed E-state index contributed by atoms with van der Waals surface area (Å²) < 4.78 is 0. The van der Waals surface area contributed by atoms with Gasteiger partial charge in [0.1, 0.15) is 5.41 Å². The molecule has 0 spiro atoms. The molecule has 0 aliphatic carbocycles. The Bertz CT molecular complexity index is 770. The molecule has 0 aliphatic rings. The third kappa shape index (κ3) is 3.06. The van der Waals surface area contributed by atoms with Crippen LogP contribution in [0.3, 0.4) is 0 Å². The SMILES string of the molecule is Cc1ccc(C(C(N)=O)(c2ccc(C)cc2)c2ccc(Cl)cc2)cc1. The average Bonchev–Trinajstić information content (AvgIpc) is 2.60. The number of amides is 1. The number of hydrogen-bond donors (Lipinski definition) is 1. The van der Waals surface area contributed by atoms with E-state index < -0.39 is 11.3 Å². The Labute approximate surface area is 153 Å². The van der Waals surface area contributed by atoms with Crippen LogP contribution in [-0.4, -0.2) is 5.91 Å². The second-order valence-corrected chi connectivity index (χ2v) is 6.79. The van der Waals surface area contributed by atoms with E-state index in [0.29, 0.717) is 5.02 Å². The van der Waals surface area contributed by atoms with Crippen LogP contribution in [0.5, 0.6) is 0 Å². The van der Waals surface area contributed by atoms with Crippen LogP contribution in [0, 0.1) is 13.8 Å². The van der Waals surface area contributed by atoms with Gasteiger partial charge in [-0.1, -0.05) is 83.4 Å². The van der Waals surface area contributed by atoms with Crippen molar-refractivity contribution in [3.05, 3.63) is 106 Å². The zero-order valence-electron chi connectivity index (χ0n) is 14.3. The minimum atomic E-state index is -1.06. The fourth-order valence-corrected chi connectivity index (χ4v) is 3.36. The Balaban J connectivity index is 2.35. The van der Waals surface area contributed by atoms with Gasteiger partial charge in [0.05, 0.1) is 0 Å². The van der Waals surface area contributed by atoms with E-state index >= 15 is 0 Å². The molecule has 2 N–H and O–H groups in total. The number of rotatable bonds is 4. The van der Waals surface area contributed by atoms with Crippen LogP contribution < -0.4 is 5.73 Å². The molecule has 0 bridgehead atoms. The minimum absolute atomic E-state index is 0.414. The molecule has 25 heavy (non-hydrogen) atoms. The second kappa shape index (κ2) is 6.73. The van der Waals surface area contributed by atoms with E-state index in [1.165, 1.54) is 0 Å². The molecule has 3 rings (SSSR count). The number of benzene rings is 3. The first-order valence-electron chi connectivity index (χ1n) is 8.15. The molecule has 3 aromatic carbocycles. The normalized spacial score (nSPS) is 11.3. The van der Waals surface area contributed by atoms with Crippen LogP contribution in [0.25, 0.3) is 0 Å². The predicted molar refractivity (Wildman–Crippen MR) is 103 cm³/mol. The summed E-state index contributed by atoms with van der Waals surface area (Å²) in [4.78, 5) is 12.9. The van der Waals surface area contributed by atoms with E-state index in [2.05, 4.69) is 0 Å². The topological polar surface area (TPSA) is 43.1 Å². The monoisotopic (exact) mass is 349 g/mol. The van der Waals surface area contributed by atoms with Crippen LogP contribution in [0.15, 0.2) is 72.8 Å². The molecule has 0 atom stereocenters. The quantitative estimate of drug-likeness (QED) is 0.677. The summed E-state index contributed by atoms with van der Waals surface area (Å²) in [6.45, 7) is 4.04. The number of hydrogen-bond acceptors (Lipinski definition) is 1. The first-order chi connectivity index (χ1) is 11.9. The molecule has 2 nitrogen and oxygen atoms in total. The number of carbonyl (C=O) groups is 1. The van der Waals surface area contributed by atoms with E-state index in [0.717, 1.165) is 27.8 Å². The highest BCUT2D eigenvalue weighted by molar-refractivity contribution is 6.30. The first-order valence-corrected chi connectivity index (χ1v) is 8.52. The summed E-state index contributed by atoms with van der Waals surface area (Å²) in [5.74, 6) is -0.414. The molecule has 0 heterocycles. The van der Waals surface area contributed by atoms with Crippen LogP contribution >= 0.6 is 11.6 Å². The van der Waals surface area contributed by atoms with E-state index in [1.54, 1.807) is 12.1 Å². The highest BCUT2D eigenvalue weighted by Gasteiger charge is 2.42. The predicted octanol–water partition coefficient (Wildman–Crippen LogP) is 4.78. The Morgan fingerprint density at radius 3 is 1.36 bits per heavy atom. The van der Waals surface area contributed by atoms with Gasteiger partial charge in [-0.25, -0.2) is 0 Å². The van der Waals surface area contributed by atoms with Gasteiger partial charge in [0.2, 0.25) is 5.91 Å². The maximum absolute atomic E-state index is 12.9. The van der Waals surface area contributed by atoms with Crippen molar-refractivity contribution in [2.24, 2.45) is 5.73 Å². The van der Waals surface area contributed by atoms with Gasteiger partial charge in [0, 0.05) is 5.02 Å². The maximum Gasteiger partial charge on any atom is 0.237 e. The van der Waals surface area contributed by atoms with Crippen molar-refractivity contribution in [1.82, 2.24) is 0 Å². The molecule has 0 fully saturated rings. The third-order valence-corrected chi connectivity index (χ3v) is 4.87. The van der Waals surface area contributed by atoms with Crippen molar-refractivity contribution in [2.75, 3.05) is 0 Å². The van der Waals surface area contributed by atoms with Crippen LogP contribution in [-0.2, 0) is 10.2 Å². The van der Waals surface area contributed by atoms with Gasteiger partial charge in [0.25, 0.3) is 0 Å². The zero-order valence-corrected chi connectivity index (χ0v) is 15.0. The van der Waals surface area contributed by atoms with Crippen molar-refractivity contribution in [2.45, 2.75) is 19.3 Å². The molecule has 1 amide bonds. The van der Waals surface area contributed by atoms with Gasteiger partial charge in [-0.3, -0.25) is 4.79 Å². The van der Waals surface area contributed by atoms with Gasteiger partial charge in [0.15, 0.2) is 0 Å². The highest BCUT2D eigenvalue weighted by atomic mass is 35.5. The maximum atomic E-state index is 12.9. The van der Waals surface area contributed by atoms with Crippen LogP contribution in [0.4, 0.5) is 0 Å². The lowest BCUT2D eigenvalue weighted by atomic mass is 9.68. The van der Waals surface area contributed by atoms with Crippen LogP contribution in [0.1, 0.15) is 27.8 Å². The molecular formula is C22H20ClNO. The fraction of sp³-hybridized carbons (Fsp3) is 0.136. The van der Waals surface area contributed by atoms with E-state index in [9.17, 15) is 4.79 Å². The molecule has 0 aromatic heterocycles. The van der Waals surface area contributed by atoms with Crippen molar-refractivity contribution in [1.29, 1.82) is 0 Å². The van der Waals surface area contributed by atoms with Crippen molar-refractivity contribution in [3.8, 4) is 0 Å². The number of nitrogens with two attached hydrogens (primary N) is 1. The van der Waals surface area contributed by atoms with Crippen molar-refractivity contribution in [3.63, 3.8) is 0 Å². The van der Waals surface area contributed by atoms with Gasteiger partial charge in [-0.15, -0.1) is 0 Å². The summed E-state index contributed by atoms with van der Waals surface area (Å²) in [6.07, 6.45) is 0. The molecule has 0 saturated carbocycles. The molecule has 3 aromatic rings. The molecule has 0 radical (unpaired) electrons. The molecule has 126 valence electrons. The standard InChI is InChI=1S/C22H20ClNO/c1-15-3-7-17(8-4-15)22(21(24)25,18-9-5-16(2)6-10-18)19-11-13-20(23)14-12-19/h3-14H,1-2H3,(H2,24,25). The van der Waals surface area contributed by atoms with E-state index in [4.69, 9.17) is 17.3 Å². The second-order valence-electron chi connectivity index (χ2n) is 6.35. The average molecular weight is 350 g/mol. The molecule has 0 saturated heterocycles. The van der Waals surface area contributed by atoms with Gasteiger partial charge < -0.3 is 5.73 Å². The van der Waals surface area contributed by atoms with E-state index in [-0.39, 0.29) is 0 Å². The van der Waals surface area contributed by atoms with Gasteiger partial charge in [-0.05, 0) is 42.7 Å². The number of halogens is 1. The highest BCUT2D eigenvalue weighted by Crippen LogP contribution is 2.39. The minimum Gasteiger partial charge on any atom is -0.368 e.